The Balaban J connectivity index is 2.34. The van der Waals surface area contributed by atoms with Crippen LogP contribution in [0, 0.1) is 0 Å². The number of amides is 1. The predicted octanol–water partition coefficient (Wildman–Crippen LogP) is 2.37. The molecule has 110 valence electrons. The minimum Gasteiger partial charge on any atom is -0.496 e. The van der Waals surface area contributed by atoms with Gasteiger partial charge < -0.3 is 9.84 Å². The van der Waals surface area contributed by atoms with Crippen LogP contribution in [0.25, 0.3) is 6.08 Å². The zero-order chi connectivity index (χ0) is 15.6. The molecule has 1 saturated heterocycles. The van der Waals surface area contributed by atoms with Gasteiger partial charge in [0.1, 0.15) is 16.1 Å². The van der Waals surface area contributed by atoms with Gasteiger partial charge in [0, 0.05) is 5.56 Å². The van der Waals surface area contributed by atoms with Gasteiger partial charge in [0.05, 0.1) is 12.0 Å². The molecular weight excluding hydrogens is 310 g/mol. The SMILES string of the molecule is COc1ccccc1/C=C1/SC(=S)N(C(C)C(=O)O)C1=O. The number of carboxylic acid groups (broad SMARTS) is 1. The maximum atomic E-state index is 12.3. The second-order valence-corrected chi connectivity index (χ2v) is 5.98. The van der Waals surface area contributed by atoms with Crippen LogP contribution < -0.4 is 4.74 Å². The van der Waals surface area contributed by atoms with Crippen molar-refractivity contribution in [2.24, 2.45) is 0 Å². The fraction of sp³-hybridized carbons (Fsp3) is 0.214. The van der Waals surface area contributed by atoms with E-state index in [1.165, 1.54) is 6.92 Å². The van der Waals surface area contributed by atoms with Crippen molar-refractivity contribution < 1.29 is 19.4 Å². The van der Waals surface area contributed by atoms with Crippen LogP contribution in [-0.4, -0.2) is 39.4 Å². The molecule has 21 heavy (non-hydrogen) atoms. The second kappa shape index (κ2) is 6.28. The molecule has 1 aromatic carbocycles. The molecule has 1 N–H and O–H groups in total. The third-order valence-electron chi connectivity index (χ3n) is 2.99. The van der Waals surface area contributed by atoms with Gasteiger partial charge in [-0.1, -0.05) is 42.2 Å². The summed E-state index contributed by atoms with van der Waals surface area (Å²) in [4.78, 5) is 24.9. The Morgan fingerprint density at radius 3 is 2.76 bits per heavy atom. The van der Waals surface area contributed by atoms with Gasteiger partial charge in [0.2, 0.25) is 0 Å². The molecule has 0 saturated carbocycles. The summed E-state index contributed by atoms with van der Waals surface area (Å²) in [6.07, 6.45) is 1.66. The largest absolute Gasteiger partial charge is 0.496 e. The van der Waals surface area contributed by atoms with Crippen LogP contribution in [0.1, 0.15) is 12.5 Å². The second-order valence-electron chi connectivity index (χ2n) is 4.31. The number of para-hydroxylation sites is 1. The van der Waals surface area contributed by atoms with Gasteiger partial charge in [0.15, 0.2) is 0 Å². The Kier molecular flexibility index (Phi) is 4.64. The van der Waals surface area contributed by atoms with Crippen LogP contribution in [0.2, 0.25) is 0 Å². The van der Waals surface area contributed by atoms with Crippen molar-refractivity contribution in [1.29, 1.82) is 0 Å². The number of ether oxygens (including phenoxy) is 1. The first kappa shape index (κ1) is 15.5. The highest BCUT2D eigenvalue weighted by molar-refractivity contribution is 8.26. The van der Waals surface area contributed by atoms with Crippen molar-refractivity contribution in [3.8, 4) is 5.75 Å². The minimum absolute atomic E-state index is 0.246. The van der Waals surface area contributed by atoms with E-state index < -0.39 is 17.9 Å². The molecule has 7 heteroatoms. The van der Waals surface area contributed by atoms with Gasteiger partial charge >= 0.3 is 5.97 Å². The summed E-state index contributed by atoms with van der Waals surface area (Å²) in [5, 5.41) is 9.03. The fourth-order valence-corrected chi connectivity index (χ4v) is 3.26. The van der Waals surface area contributed by atoms with Crippen LogP contribution in [-0.2, 0) is 9.59 Å². The number of thioether (sulfide) groups is 1. The lowest BCUT2D eigenvalue weighted by Crippen LogP contribution is -2.41. The van der Waals surface area contributed by atoms with Gasteiger partial charge in [-0.15, -0.1) is 0 Å². The molecule has 1 unspecified atom stereocenters. The number of hydrogen-bond donors (Lipinski definition) is 1. The van der Waals surface area contributed by atoms with E-state index in [1.807, 2.05) is 18.2 Å². The molecule has 1 amide bonds. The minimum atomic E-state index is -1.09. The number of carbonyl (C=O) groups excluding carboxylic acids is 1. The molecule has 1 aliphatic heterocycles. The Labute approximate surface area is 131 Å². The summed E-state index contributed by atoms with van der Waals surface area (Å²) in [5.41, 5.74) is 0.739. The summed E-state index contributed by atoms with van der Waals surface area (Å²) in [6, 6.07) is 6.27. The zero-order valence-corrected chi connectivity index (χ0v) is 13.0. The average Bonchev–Trinajstić information content (AvgIpc) is 2.73. The number of benzene rings is 1. The van der Waals surface area contributed by atoms with Gasteiger partial charge in [-0.05, 0) is 19.1 Å². The lowest BCUT2D eigenvalue weighted by molar-refractivity contribution is -0.144. The number of hydrogen-bond acceptors (Lipinski definition) is 5. The van der Waals surface area contributed by atoms with E-state index in [4.69, 9.17) is 22.1 Å². The molecule has 1 aromatic rings. The maximum Gasteiger partial charge on any atom is 0.326 e. The third-order valence-corrected chi connectivity index (χ3v) is 4.32. The number of carbonyl (C=O) groups is 2. The molecule has 0 aliphatic carbocycles. The van der Waals surface area contributed by atoms with Crippen LogP contribution in [0.3, 0.4) is 0 Å². The van der Waals surface area contributed by atoms with E-state index in [9.17, 15) is 9.59 Å². The normalized spacial score (nSPS) is 18.2. The molecule has 1 aliphatic rings. The monoisotopic (exact) mass is 323 g/mol. The first-order chi connectivity index (χ1) is 9.95. The van der Waals surface area contributed by atoms with E-state index in [0.29, 0.717) is 10.7 Å². The highest BCUT2D eigenvalue weighted by Crippen LogP contribution is 2.35. The molecule has 5 nitrogen and oxygen atoms in total. The molecule has 2 rings (SSSR count). The Morgan fingerprint density at radius 1 is 1.48 bits per heavy atom. The standard InChI is InChI=1S/C14H13NO4S2/c1-8(13(17)18)15-12(16)11(21-14(15)20)7-9-5-3-4-6-10(9)19-2/h3-8H,1-2H3,(H,17,18)/b11-7+. The van der Waals surface area contributed by atoms with Crippen LogP contribution >= 0.6 is 24.0 Å². The predicted molar refractivity (Wildman–Crippen MR) is 85.1 cm³/mol. The number of carboxylic acids is 1. The molecule has 1 fully saturated rings. The van der Waals surface area contributed by atoms with E-state index >= 15 is 0 Å². The van der Waals surface area contributed by atoms with Crippen LogP contribution in [0.15, 0.2) is 29.2 Å². The van der Waals surface area contributed by atoms with Crippen LogP contribution in [0.5, 0.6) is 5.75 Å². The molecule has 0 spiro atoms. The van der Waals surface area contributed by atoms with Gasteiger partial charge in [-0.3, -0.25) is 9.69 Å². The number of thiocarbonyl (C=S) groups is 1. The van der Waals surface area contributed by atoms with Crippen molar-refractivity contribution in [3.05, 3.63) is 34.7 Å². The van der Waals surface area contributed by atoms with Gasteiger partial charge in [-0.2, -0.15) is 0 Å². The molecule has 0 bridgehead atoms. The highest BCUT2D eigenvalue weighted by Gasteiger charge is 2.38. The smallest absolute Gasteiger partial charge is 0.326 e. The molecule has 0 radical (unpaired) electrons. The summed E-state index contributed by atoms with van der Waals surface area (Å²) < 4.78 is 5.47. The topological polar surface area (TPSA) is 66.8 Å². The summed E-state index contributed by atoms with van der Waals surface area (Å²) in [6.45, 7) is 1.43. The van der Waals surface area contributed by atoms with Crippen molar-refractivity contribution in [1.82, 2.24) is 4.90 Å². The Bertz CT molecular complexity index is 642. The van der Waals surface area contributed by atoms with E-state index in [-0.39, 0.29) is 4.32 Å². The van der Waals surface area contributed by atoms with E-state index in [1.54, 1.807) is 19.3 Å². The molecule has 1 atom stereocenters. The number of methoxy groups -OCH3 is 1. The average molecular weight is 323 g/mol. The Hall–Kier alpha value is -1.86. The molecule has 0 aromatic heterocycles. The fourth-order valence-electron chi connectivity index (χ4n) is 1.85. The number of aliphatic carboxylic acids is 1. The van der Waals surface area contributed by atoms with Crippen molar-refractivity contribution >= 4 is 46.3 Å². The first-order valence-corrected chi connectivity index (χ1v) is 7.31. The third kappa shape index (κ3) is 3.08. The van der Waals surface area contributed by atoms with E-state index in [0.717, 1.165) is 22.2 Å². The van der Waals surface area contributed by atoms with Gasteiger partial charge in [-0.25, -0.2) is 4.79 Å². The maximum absolute atomic E-state index is 12.3. The summed E-state index contributed by atoms with van der Waals surface area (Å²) >= 11 is 6.19. The van der Waals surface area contributed by atoms with Crippen molar-refractivity contribution in [3.63, 3.8) is 0 Å². The number of nitrogens with zero attached hydrogens (tertiary/aromatic N) is 1. The highest BCUT2D eigenvalue weighted by atomic mass is 32.2. The lowest BCUT2D eigenvalue weighted by Gasteiger charge is -2.18. The van der Waals surface area contributed by atoms with Crippen LogP contribution in [0.4, 0.5) is 0 Å². The summed E-state index contributed by atoms with van der Waals surface area (Å²) in [5.74, 6) is -0.857. The first-order valence-electron chi connectivity index (χ1n) is 6.08. The van der Waals surface area contributed by atoms with Gasteiger partial charge in [0.25, 0.3) is 5.91 Å². The summed E-state index contributed by atoms with van der Waals surface area (Å²) in [7, 11) is 1.55. The Morgan fingerprint density at radius 2 is 2.14 bits per heavy atom. The molecule has 1 heterocycles. The quantitative estimate of drug-likeness (QED) is 0.678. The molecular formula is C14H13NO4S2. The number of rotatable bonds is 4. The van der Waals surface area contributed by atoms with Crippen molar-refractivity contribution in [2.75, 3.05) is 7.11 Å². The lowest BCUT2D eigenvalue weighted by atomic mass is 10.2. The van der Waals surface area contributed by atoms with Crippen molar-refractivity contribution in [2.45, 2.75) is 13.0 Å². The zero-order valence-electron chi connectivity index (χ0n) is 11.4. The van der Waals surface area contributed by atoms with E-state index in [2.05, 4.69) is 0 Å².